The molecule has 2 heterocycles. The van der Waals surface area contributed by atoms with Crippen LogP contribution in [0.2, 0.25) is 0 Å². The maximum absolute atomic E-state index is 12.1. The molecule has 0 spiro atoms. The summed E-state index contributed by atoms with van der Waals surface area (Å²) in [4.78, 5) is 16.8. The standard InChI is InChI=1S/C30H33NOS/c1-22-12-14-24(15-13-22)28-20-31(19-23-8-4-2-5-9-23)17-16-26(28)27-18-29(33-30(27)21-32)25-10-6-3-7-11-25/h2-11,18,21-22,24H,12-17,19-20H2,1H3. The van der Waals surface area contributed by atoms with Crippen LogP contribution in [-0.2, 0) is 6.54 Å². The lowest BCUT2D eigenvalue weighted by atomic mass is 9.75. The first-order chi connectivity index (χ1) is 16.2. The molecule has 1 aliphatic heterocycles. The van der Waals surface area contributed by atoms with Gasteiger partial charge < -0.3 is 0 Å². The van der Waals surface area contributed by atoms with Gasteiger partial charge in [-0.2, -0.15) is 0 Å². The lowest BCUT2D eigenvalue weighted by molar-refractivity contribution is 0.112. The zero-order valence-corrected chi connectivity index (χ0v) is 20.3. The van der Waals surface area contributed by atoms with Gasteiger partial charge in [0.2, 0.25) is 0 Å². The molecule has 0 saturated heterocycles. The summed E-state index contributed by atoms with van der Waals surface area (Å²) in [5.74, 6) is 1.49. The molecule has 0 bridgehead atoms. The van der Waals surface area contributed by atoms with Gasteiger partial charge >= 0.3 is 0 Å². The van der Waals surface area contributed by atoms with E-state index in [-0.39, 0.29) is 0 Å². The van der Waals surface area contributed by atoms with Crippen molar-refractivity contribution >= 4 is 23.2 Å². The Bertz CT molecular complexity index is 1110. The molecule has 0 N–H and O–H groups in total. The highest BCUT2D eigenvalue weighted by Crippen LogP contribution is 2.43. The second-order valence-corrected chi connectivity index (χ2v) is 10.9. The van der Waals surface area contributed by atoms with E-state index in [2.05, 4.69) is 72.5 Å². The van der Waals surface area contributed by atoms with E-state index >= 15 is 0 Å². The van der Waals surface area contributed by atoms with Crippen LogP contribution < -0.4 is 0 Å². The van der Waals surface area contributed by atoms with Gasteiger partial charge in [-0.3, -0.25) is 9.69 Å². The molecular formula is C30H33NOS. The Balaban J connectivity index is 1.50. The monoisotopic (exact) mass is 455 g/mol. The Morgan fingerprint density at radius 3 is 2.36 bits per heavy atom. The molecular weight excluding hydrogens is 422 g/mol. The van der Waals surface area contributed by atoms with Crippen molar-refractivity contribution in [3.63, 3.8) is 0 Å². The van der Waals surface area contributed by atoms with Crippen LogP contribution in [0, 0.1) is 11.8 Å². The number of nitrogens with zero attached hydrogens (tertiary/aromatic N) is 1. The van der Waals surface area contributed by atoms with Gasteiger partial charge in [0.25, 0.3) is 0 Å². The van der Waals surface area contributed by atoms with Crippen LogP contribution in [0.3, 0.4) is 0 Å². The number of thiophene rings is 1. The predicted molar refractivity (Wildman–Crippen MR) is 140 cm³/mol. The van der Waals surface area contributed by atoms with Gasteiger partial charge in [0.1, 0.15) is 0 Å². The normalized spacial score (nSPS) is 21.8. The van der Waals surface area contributed by atoms with E-state index in [0.717, 1.165) is 43.1 Å². The van der Waals surface area contributed by atoms with Crippen LogP contribution in [0.5, 0.6) is 0 Å². The zero-order valence-electron chi connectivity index (χ0n) is 19.5. The molecule has 3 heteroatoms. The van der Waals surface area contributed by atoms with Crippen LogP contribution in [0.1, 0.15) is 59.8 Å². The average Bonchev–Trinajstić information content (AvgIpc) is 3.30. The SMILES string of the molecule is CC1CCC(C2=C(c3cc(-c4ccccc4)sc3C=O)CCN(Cc3ccccc3)C2)CC1. The molecule has 2 nitrogen and oxygen atoms in total. The van der Waals surface area contributed by atoms with Gasteiger partial charge in [-0.25, -0.2) is 0 Å². The average molecular weight is 456 g/mol. The maximum Gasteiger partial charge on any atom is 0.160 e. The van der Waals surface area contributed by atoms with Crippen LogP contribution in [0.25, 0.3) is 16.0 Å². The van der Waals surface area contributed by atoms with Gasteiger partial charge in [0.15, 0.2) is 6.29 Å². The lowest BCUT2D eigenvalue weighted by Crippen LogP contribution is -2.34. The molecule has 1 saturated carbocycles. The first-order valence-electron chi connectivity index (χ1n) is 12.3. The van der Waals surface area contributed by atoms with Crippen molar-refractivity contribution in [2.45, 2.75) is 45.6 Å². The van der Waals surface area contributed by atoms with Crippen molar-refractivity contribution in [1.29, 1.82) is 0 Å². The number of aldehydes is 1. The number of hydrogen-bond acceptors (Lipinski definition) is 3. The Labute approximate surface area is 202 Å². The molecule has 170 valence electrons. The Hall–Kier alpha value is -2.49. The summed E-state index contributed by atoms with van der Waals surface area (Å²) in [6.45, 7) is 5.47. The summed E-state index contributed by atoms with van der Waals surface area (Å²) < 4.78 is 0. The molecule has 2 aliphatic rings. The Morgan fingerprint density at radius 2 is 1.67 bits per heavy atom. The van der Waals surface area contributed by atoms with Crippen LogP contribution in [0.15, 0.2) is 72.3 Å². The molecule has 5 rings (SSSR count). The van der Waals surface area contributed by atoms with Crippen molar-refractivity contribution < 1.29 is 4.79 Å². The smallest absolute Gasteiger partial charge is 0.160 e. The summed E-state index contributed by atoms with van der Waals surface area (Å²) >= 11 is 1.64. The third-order valence-electron chi connectivity index (χ3n) is 7.47. The Kier molecular flexibility index (Phi) is 6.89. The molecule has 0 radical (unpaired) electrons. The van der Waals surface area contributed by atoms with Gasteiger partial charge in [-0.05, 0) is 65.0 Å². The van der Waals surface area contributed by atoms with Gasteiger partial charge in [-0.1, -0.05) is 80.4 Å². The predicted octanol–water partition coefficient (Wildman–Crippen LogP) is 7.71. The molecule has 1 aliphatic carbocycles. The molecule has 1 fully saturated rings. The van der Waals surface area contributed by atoms with E-state index in [1.165, 1.54) is 52.8 Å². The third-order valence-corrected chi connectivity index (χ3v) is 8.58. The first-order valence-corrected chi connectivity index (χ1v) is 13.2. The molecule has 0 unspecified atom stereocenters. The number of rotatable bonds is 6. The minimum Gasteiger partial charge on any atom is -0.297 e. The highest BCUT2D eigenvalue weighted by Gasteiger charge is 2.30. The van der Waals surface area contributed by atoms with Crippen LogP contribution in [0.4, 0.5) is 0 Å². The van der Waals surface area contributed by atoms with Gasteiger partial charge in [-0.15, -0.1) is 11.3 Å². The molecule has 2 aromatic carbocycles. The Morgan fingerprint density at radius 1 is 0.970 bits per heavy atom. The second kappa shape index (κ2) is 10.2. The summed E-state index contributed by atoms with van der Waals surface area (Å²) in [6, 6.07) is 23.6. The fraction of sp³-hybridized carbons (Fsp3) is 0.367. The lowest BCUT2D eigenvalue weighted by Gasteiger charge is -2.37. The second-order valence-electron chi connectivity index (χ2n) is 9.78. The van der Waals surface area contributed by atoms with E-state index in [1.807, 2.05) is 6.07 Å². The number of carbonyl (C=O) groups is 1. The quantitative estimate of drug-likeness (QED) is 0.355. The molecule has 0 amide bonds. The van der Waals surface area contributed by atoms with Gasteiger partial charge in [0.05, 0.1) is 4.88 Å². The van der Waals surface area contributed by atoms with Crippen molar-refractivity contribution in [2.75, 3.05) is 13.1 Å². The highest BCUT2D eigenvalue weighted by atomic mass is 32.1. The highest BCUT2D eigenvalue weighted by molar-refractivity contribution is 7.17. The minimum atomic E-state index is 0.648. The topological polar surface area (TPSA) is 20.3 Å². The van der Waals surface area contributed by atoms with Crippen molar-refractivity contribution in [2.24, 2.45) is 11.8 Å². The van der Waals surface area contributed by atoms with E-state index in [9.17, 15) is 4.79 Å². The zero-order chi connectivity index (χ0) is 22.6. The van der Waals surface area contributed by atoms with Crippen LogP contribution >= 0.6 is 11.3 Å². The number of carbonyl (C=O) groups excluding carboxylic acids is 1. The van der Waals surface area contributed by atoms with E-state index < -0.39 is 0 Å². The minimum absolute atomic E-state index is 0.648. The fourth-order valence-electron chi connectivity index (χ4n) is 5.59. The first kappa shape index (κ1) is 22.3. The summed E-state index contributed by atoms with van der Waals surface area (Å²) in [7, 11) is 0. The largest absolute Gasteiger partial charge is 0.297 e. The summed E-state index contributed by atoms with van der Waals surface area (Å²) in [5.41, 5.74) is 6.84. The van der Waals surface area contributed by atoms with Gasteiger partial charge in [0, 0.05) is 24.5 Å². The number of benzene rings is 2. The van der Waals surface area contributed by atoms with Crippen molar-refractivity contribution in [3.05, 3.63) is 88.3 Å². The maximum atomic E-state index is 12.1. The van der Waals surface area contributed by atoms with E-state index in [0.29, 0.717) is 5.92 Å². The molecule has 1 aromatic heterocycles. The van der Waals surface area contributed by atoms with E-state index in [1.54, 1.807) is 16.9 Å². The molecule has 33 heavy (non-hydrogen) atoms. The number of hydrogen-bond donors (Lipinski definition) is 0. The van der Waals surface area contributed by atoms with Crippen molar-refractivity contribution in [3.8, 4) is 10.4 Å². The molecule has 3 aromatic rings. The summed E-state index contributed by atoms with van der Waals surface area (Å²) in [5, 5.41) is 0. The van der Waals surface area contributed by atoms with E-state index in [4.69, 9.17) is 0 Å². The van der Waals surface area contributed by atoms with Crippen LogP contribution in [-0.4, -0.2) is 24.3 Å². The van der Waals surface area contributed by atoms with Crippen molar-refractivity contribution in [1.82, 2.24) is 4.90 Å². The molecule has 0 atom stereocenters. The summed E-state index contributed by atoms with van der Waals surface area (Å²) in [6.07, 6.45) is 7.31. The fourth-order valence-corrected chi connectivity index (χ4v) is 6.60. The third kappa shape index (κ3) is 5.05.